The number of carbonyl (C=O) groups is 1. The second-order valence-electron chi connectivity index (χ2n) is 4.95. The lowest BCUT2D eigenvalue weighted by Gasteiger charge is -2.00. The largest absolute Gasteiger partial charge is 0.466 e. The normalized spacial score (nSPS) is 10.8. The zero-order valence-corrected chi connectivity index (χ0v) is 13.1. The second kappa shape index (κ2) is 5.92. The Bertz CT molecular complexity index is 886. The fraction of sp³-hybridized carbons (Fsp3) is 0.125. The number of furan rings is 1. The van der Waals surface area contributed by atoms with Gasteiger partial charge in [0.15, 0.2) is 16.8 Å². The number of rotatable bonds is 3. The molecule has 23 heavy (non-hydrogen) atoms. The lowest BCUT2D eigenvalue weighted by atomic mass is 10.2. The van der Waals surface area contributed by atoms with E-state index in [9.17, 15) is 13.6 Å². The summed E-state index contributed by atoms with van der Waals surface area (Å²) in [5.74, 6) is -1.01. The standard InChI is InChI=1S/C16H12F2N2O2S/c1-8-5-11(9(2)22-8)15(21)20-16-19-14(7-23-16)10-3-4-12(17)13(18)6-10/h3-7H,1-2H3,(H,19,20,21). The molecule has 2 aromatic heterocycles. The summed E-state index contributed by atoms with van der Waals surface area (Å²) in [6, 6.07) is 5.19. The molecule has 0 unspecified atom stereocenters. The maximum absolute atomic E-state index is 13.3. The molecule has 2 heterocycles. The number of benzene rings is 1. The first-order chi connectivity index (χ1) is 10.9. The smallest absolute Gasteiger partial charge is 0.260 e. The lowest BCUT2D eigenvalue weighted by molar-refractivity contribution is 0.102. The highest BCUT2D eigenvalue weighted by atomic mass is 32.1. The first-order valence-corrected chi connectivity index (χ1v) is 7.61. The minimum absolute atomic E-state index is 0.328. The van der Waals surface area contributed by atoms with Gasteiger partial charge in [0.25, 0.3) is 5.91 Å². The molecular formula is C16H12F2N2O2S. The maximum atomic E-state index is 13.3. The maximum Gasteiger partial charge on any atom is 0.260 e. The highest BCUT2D eigenvalue weighted by Crippen LogP contribution is 2.26. The molecule has 1 N–H and O–H groups in total. The molecule has 1 amide bonds. The average molecular weight is 334 g/mol. The van der Waals surface area contributed by atoms with Gasteiger partial charge < -0.3 is 4.42 Å². The van der Waals surface area contributed by atoms with Crippen LogP contribution in [-0.2, 0) is 0 Å². The van der Waals surface area contributed by atoms with Crippen molar-refractivity contribution in [2.75, 3.05) is 5.32 Å². The van der Waals surface area contributed by atoms with E-state index in [0.29, 0.717) is 33.5 Å². The van der Waals surface area contributed by atoms with Crippen LogP contribution in [0.3, 0.4) is 0 Å². The number of aryl methyl sites for hydroxylation is 2. The van der Waals surface area contributed by atoms with Crippen LogP contribution in [0, 0.1) is 25.5 Å². The molecule has 0 fully saturated rings. The van der Waals surface area contributed by atoms with Gasteiger partial charge in [-0.3, -0.25) is 10.1 Å². The highest BCUT2D eigenvalue weighted by molar-refractivity contribution is 7.14. The van der Waals surface area contributed by atoms with Crippen LogP contribution in [0.1, 0.15) is 21.9 Å². The molecule has 3 rings (SSSR count). The summed E-state index contributed by atoms with van der Waals surface area (Å²) < 4.78 is 31.5. The summed E-state index contributed by atoms with van der Waals surface area (Å²) in [6.45, 7) is 3.46. The molecule has 3 aromatic rings. The van der Waals surface area contributed by atoms with Gasteiger partial charge in [-0.2, -0.15) is 0 Å². The Kier molecular flexibility index (Phi) is 3.96. The van der Waals surface area contributed by atoms with E-state index in [1.54, 1.807) is 25.3 Å². The molecular weight excluding hydrogens is 322 g/mol. The van der Waals surface area contributed by atoms with Crippen molar-refractivity contribution in [2.45, 2.75) is 13.8 Å². The number of nitrogens with zero attached hydrogens (tertiary/aromatic N) is 1. The number of hydrogen-bond acceptors (Lipinski definition) is 4. The third-order valence-corrected chi connectivity index (χ3v) is 3.98. The minimum Gasteiger partial charge on any atom is -0.466 e. The summed E-state index contributed by atoms with van der Waals surface area (Å²) in [6.07, 6.45) is 0. The number of nitrogens with one attached hydrogen (secondary N) is 1. The van der Waals surface area contributed by atoms with Gasteiger partial charge in [-0.15, -0.1) is 11.3 Å². The number of carbonyl (C=O) groups excluding carboxylic acids is 1. The first kappa shape index (κ1) is 15.4. The summed E-state index contributed by atoms with van der Waals surface area (Å²) in [4.78, 5) is 16.4. The van der Waals surface area contributed by atoms with Crippen molar-refractivity contribution >= 4 is 22.4 Å². The van der Waals surface area contributed by atoms with Crippen LogP contribution in [-0.4, -0.2) is 10.9 Å². The summed E-state index contributed by atoms with van der Waals surface area (Å²) in [5.41, 5.74) is 1.34. The molecule has 4 nitrogen and oxygen atoms in total. The van der Waals surface area contributed by atoms with Crippen LogP contribution >= 0.6 is 11.3 Å². The number of anilines is 1. The van der Waals surface area contributed by atoms with Gasteiger partial charge in [-0.25, -0.2) is 13.8 Å². The number of aromatic nitrogens is 1. The lowest BCUT2D eigenvalue weighted by Crippen LogP contribution is -2.11. The number of amides is 1. The third-order valence-electron chi connectivity index (χ3n) is 3.23. The van der Waals surface area contributed by atoms with Crippen LogP contribution in [0.5, 0.6) is 0 Å². The molecule has 0 aliphatic carbocycles. The van der Waals surface area contributed by atoms with E-state index in [-0.39, 0.29) is 5.91 Å². The average Bonchev–Trinajstić information content (AvgIpc) is 3.08. The van der Waals surface area contributed by atoms with Crippen LogP contribution in [0.4, 0.5) is 13.9 Å². The second-order valence-corrected chi connectivity index (χ2v) is 5.81. The van der Waals surface area contributed by atoms with Gasteiger partial charge in [0, 0.05) is 10.9 Å². The van der Waals surface area contributed by atoms with Crippen molar-refractivity contribution in [3.05, 3.63) is 58.4 Å². The van der Waals surface area contributed by atoms with Crippen molar-refractivity contribution in [2.24, 2.45) is 0 Å². The SMILES string of the molecule is Cc1cc(C(=O)Nc2nc(-c3ccc(F)c(F)c3)cs2)c(C)o1. The summed E-state index contributed by atoms with van der Waals surface area (Å²) in [7, 11) is 0. The van der Waals surface area contributed by atoms with E-state index in [2.05, 4.69) is 10.3 Å². The van der Waals surface area contributed by atoms with Crippen molar-refractivity contribution in [1.82, 2.24) is 4.98 Å². The monoisotopic (exact) mass is 334 g/mol. The van der Waals surface area contributed by atoms with Gasteiger partial charge in [0.05, 0.1) is 11.3 Å². The number of hydrogen-bond donors (Lipinski definition) is 1. The molecule has 0 aliphatic rings. The molecule has 1 aromatic carbocycles. The zero-order chi connectivity index (χ0) is 16.6. The van der Waals surface area contributed by atoms with Gasteiger partial charge in [0.1, 0.15) is 11.5 Å². The third kappa shape index (κ3) is 3.14. The fourth-order valence-electron chi connectivity index (χ4n) is 2.14. The molecule has 0 saturated heterocycles. The Morgan fingerprint density at radius 3 is 2.65 bits per heavy atom. The Labute approximate surface area is 134 Å². The molecule has 0 saturated carbocycles. The van der Waals surface area contributed by atoms with Crippen LogP contribution in [0.25, 0.3) is 11.3 Å². The topological polar surface area (TPSA) is 55.1 Å². The van der Waals surface area contributed by atoms with Crippen LogP contribution in [0.2, 0.25) is 0 Å². The Morgan fingerprint density at radius 1 is 1.22 bits per heavy atom. The first-order valence-electron chi connectivity index (χ1n) is 6.73. The fourth-order valence-corrected chi connectivity index (χ4v) is 2.85. The van der Waals surface area contributed by atoms with Gasteiger partial charge in [-0.05, 0) is 38.1 Å². The van der Waals surface area contributed by atoms with Crippen molar-refractivity contribution < 1.29 is 18.0 Å². The number of halogens is 2. The molecule has 0 radical (unpaired) electrons. The Morgan fingerprint density at radius 2 is 2.00 bits per heavy atom. The Balaban J connectivity index is 1.80. The quantitative estimate of drug-likeness (QED) is 0.764. The Hall–Kier alpha value is -2.54. The molecule has 118 valence electrons. The van der Waals surface area contributed by atoms with E-state index < -0.39 is 11.6 Å². The molecule has 0 spiro atoms. The van der Waals surface area contributed by atoms with E-state index in [4.69, 9.17) is 4.42 Å². The van der Waals surface area contributed by atoms with Gasteiger partial charge in [0.2, 0.25) is 0 Å². The minimum atomic E-state index is -0.939. The molecule has 0 aliphatic heterocycles. The van der Waals surface area contributed by atoms with Crippen molar-refractivity contribution in [3.8, 4) is 11.3 Å². The summed E-state index contributed by atoms with van der Waals surface area (Å²) in [5, 5.41) is 4.70. The predicted octanol–water partition coefficient (Wildman–Crippen LogP) is 4.55. The summed E-state index contributed by atoms with van der Waals surface area (Å²) >= 11 is 1.20. The van der Waals surface area contributed by atoms with E-state index in [1.165, 1.54) is 17.4 Å². The van der Waals surface area contributed by atoms with Gasteiger partial charge >= 0.3 is 0 Å². The van der Waals surface area contributed by atoms with E-state index >= 15 is 0 Å². The van der Waals surface area contributed by atoms with E-state index in [0.717, 1.165) is 12.1 Å². The predicted molar refractivity (Wildman–Crippen MR) is 83.6 cm³/mol. The van der Waals surface area contributed by atoms with E-state index in [1.807, 2.05) is 0 Å². The van der Waals surface area contributed by atoms with Crippen LogP contribution in [0.15, 0.2) is 34.1 Å². The molecule has 7 heteroatoms. The van der Waals surface area contributed by atoms with Crippen molar-refractivity contribution in [3.63, 3.8) is 0 Å². The highest BCUT2D eigenvalue weighted by Gasteiger charge is 2.15. The molecule has 0 bridgehead atoms. The molecule has 0 atom stereocenters. The van der Waals surface area contributed by atoms with Crippen LogP contribution < -0.4 is 5.32 Å². The van der Waals surface area contributed by atoms with Gasteiger partial charge in [-0.1, -0.05) is 0 Å². The zero-order valence-electron chi connectivity index (χ0n) is 12.3. The number of thiazole rings is 1. The van der Waals surface area contributed by atoms with Crippen molar-refractivity contribution in [1.29, 1.82) is 0 Å².